The van der Waals surface area contributed by atoms with Crippen molar-refractivity contribution < 1.29 is 9.53 Å². The van der Waals surface area contributed by atoms with Crippen LogP contribution in [0.3, 0.4) is 0 Å². The molecule has 4 nitrogen and oxygen atoms in total. The Morgan fingerprint density at radius 2 is 2.21 bits per heavy atom. The standard InChI is InChI=1S/C14H24N2O2S/c1-5-18-13(17)7-6-12-9-19-14(16-12)15-11(4)8-10(2)3/h9-11H,5-8H2,1-4H3,(H,15,16). The SMILES string of the molecule is CCOC(=O)CCc1csc(NC(C)CC(C)C)n1. The normalized spacial score (nSPS) is 12.5. The van der Waals surface area contributed by atoms with Gasteiger partial charge < -0.3 is 10.1 Å². The number of esters is 1. The Bertz CT molecular complexity index is 391. The number of nitrogens with zero attached hydrogens (tertiary/aromatic N) is 1. The molecule has 0 saturated carbocycles. The van der Waals surface area contributed by atoms with E-state index in [1.165, 1.54) is 0 Å². The van der Waals surface area contributed by atoms with Gasteiger partial charge in [0.1, 0.15) is 0 Å². The largest absolute Gasteiger partial charge is 0.466 e. The maximum Gasteiger partial charge on any atom is 0.306 e. The zero-order valence-corrected chi connectivity index (χ0v) is 13.0. The highest BCUT2D eigenvalue weighted by molar-refractivity contribution is 7.13. The van der Waals surface area contributed by atoms with Crippen LogP contribution in [-0.2, 0) is 16.0 Å². The highest BCUT2D eigenvalue weighted by atomic mass is 32.1. The zero-order chi connectivity index (χ0) is 14.3. The fraction of sp³-hybridized carbons (Fsp3) is 0.714. The van der Waals surface area contributed by atoms with Crippen LogP contribution in [0.5, 0.6) is 0 Å². The van der Waals surface area contributed by atoms with Crippen LogP contribution in [-0.4, -0.2) is 23.6 Å². The average Bonchev–Trinajstić information content (AvgIpc) is 2.73. The summed E-state index contributed by atoms with van der Waals surface area (Å²) in [6, 6.07) is 0.420. The van der Waals surface area contributed by atoms with Crippen LogP contribution >= 0.6 is 11.3 Å². The number of nitrogens with one attached hydrogen (secondary N) is 1. The van der Waals surface area contributed by atoms with Crippen molar-refractivity contribution in [1.29, 1.82) is 0 Å². The van der Waals surface area contributed by atoms with E-state index in [0.717, 1.165) is 17.2 Å². The summed E-state index contributed by atoms with van der Waals surface area (Å²) < 4.78 is 4.90. The van der Waals surface area contributed by atoms with Crippen molar-refractivity contribution in [2.24, 2.45) is 5.92 Å². The van der Waals surface area contributed by atoms with Gasteiger partial charge >= 0.3 is 5.97 Å². The monoisotopic (exact) mass is 284 g/mol. The first-order valence-corrected chi connectivity index (χ1v) is 7.75. The smallest absolute Gasteiger partial charge is 0.306 e. The quantitative estimate of drug-likeness (QED) is 0.742. The molecule has 1 aromatic heterocycles. The number of carbonyl (C=O) groups excluding carboxylic acids is 1. The van der Waals surface area contributed by atoms with Gasteiger partial charge in [0.25, 0.3) is 0 Å². The lowest BCUT2D eigenvalue weighted by Crippen LogP contribution is -2.17. The Morgan fingerprint density at radius 1 is 1.47 bits per heavy atom. The zero-order valence-electron chi connectivity index (χ0n) is 12.2. The summed E-state index contributed by atoms with van der Waals surface area (Å²) in [5, 5.41) is 6.34. The minimum absolute atomic E-state index is 0.154. The van der Waals surface area contributed by atoms with E-state index in [9.17, 15) is 4.79 Å². The van der Waals surface area contributed by atoms with E-state index in [4.69, 9.17) is 4.74 Å². The first-order chi connectivity index (χ1) is 9.01. The lowest BCUT2D eigenvalue weighted by atomic mass is 10.1. The number of carbonyl (C=O) groups is 1. The van der Waals surface area contributed by atoms with Crippen molar-refractivity contribution >= 4 is 22.4 Å². The molecule has 0 radical (unpaired) electrons. The van der Waals surface area contributed by atoms with Gasteiger partial charge in [-0.25, -0.2) is 4.98 Å². The lowest BCUT2D eigenvalue weighted by Gasteiger charge is -2.14. The minimum Gasteiger partial charge on any atom is -0.466 e. The van der Waals surface area contributed by atoms with Crippen molar-refractivity contribution in [2.45, 2.75) is 53.0 Å². The van der Waals surface area contributed by atoms with E-state index in [0.29, 0.717) is 31.4 Å². The maximum atomic E-state index is 11.3. The average molecular weight is 284 g/mol. The summed E-state index contributed by atoms with van der Waals surface area (Å²) in [5.74, 6) is 0.518. The second-order valence-electron chi connectivity index (χ2n) is 5.12. The molecular formula is C14H24N2O2S. The molecule has 0 amide bonds. The Kier molecular flexibility index (Phi) is 6.84. The van der Waals surface area contributed by atoms with E-state index in [-0.39, 0.29) is 5.97 Å². The Morgan fingerprint density at radius 3 is 2.84 bits per heavy atom. The number of aromatic nitrogens is 1. The van der Waals surface area contributed by atoms with E-state index < -0.39 is 0 Å². The predicted octanol–water partition coefficient (Wildman–Crippen LogP) is 3.49. The van der Waals surface area contributed by atoms with Crippen LogP contribution in [0.15, 0.2) is 5.38 Å². The molecule has 1 atom stereocenters. The van der Waals surface area contributed by atoms with Crippen LogP contribution in [0, 0.1) is 5.92 Å². The molecule has 0 spiro atoms. The number of rotatable bonds is 8. The van der Waals surface area contributed by atoms with Crippen LogP contribution in [0.25, 0.3) is 0 Å². The molecule has 108 valence electrons. The second-order valence-corrected chi connectivity index (χ2v) is 5.98. The maximum absolute atomic E-state index is 11.3. The Balaban J connectivity index is 2.37. The molecule has 0 aliphatic heterocycles. The fourth-order valence-corrected chi connectivity index (χ4v) is 2.79. The van der Waals surface area contributed by atoms with Gasteiger partial charge in [-0.15, -0.1) is 11.3 Å². The minimum atomic E-state index is -0.154. The molecule has 5 heteroatoms. The van der Waals surface area contributed by atoms with Gasteiger partial charge in [-0.1, -0.05) is 13.8 Å². The van der Waals surface area contributed by atoms with Gasteiger partial charge in [-0.2, -0.15) is 0 Å². The Hall–Kier alpha value is -1.10. The number of anilines is 1. The summed E-state index contributed by atoms with van der Waals surface area (Å²) >= 11 is 1.60. The molecule has 1 heterocycles. The molecule has 0 aromatic carbocycles. The van der Waals surface area contributed by atoms with Gasteiger partial charge in [0.15, 0.2) is 5.13 Å². The number of hydrogen-bond acceptors (Lipinski definition) is 5. The molecule has 0 bridgehead atoms. The molecule has 1 N–H and O–H groups in total. The van der Waals surface area contributed by atoms with Gasteiger partial charge in [0.05, 0.1) is 18.7 Å². The summed E-state index contributed by atoms with van der Waals surface area (Å²) in [6.45, 7) is 8.85. The Labute approximate surface area is 119 Å². The topological polar surface area (TPSA) is 51.2 Å². The van der Waals surface area contributed by atoms with Crippen LogP contribution in [0.1, 0.15) is 46.2 Å². The van der Waals surface area contributed by atoms with Crippen molar-refractivity contribution in [1.82, 2.24) is 4.98 Å². The number of aryl methyl sites for hydroxylation is 1. The summed E-state index contributed by atoms with van der Waals surface area (Å²) in [6.07, 6.45) is 2.17. The highest BCUT2D eigenvalue weighted by Crippen LogP contribution is 2.19. The summed E-state index contributed by atoms with van der Waals surface area (Å²) in [4.78, 5) is 15.7. The van der Waals surface area contributed by atoms with Gasteiger partial charge in [-0.3, -0.25) is 4.79 Å². The van der Waals surface area contributed by atoms with E-state index in [2.05, 4.69) is 31.1 Å². The fourth-order valence-electron chi connectivity index (χ4n) is 1.93. The first-order valence-electron chi connectivity index (χ1n) is 6.87. The van der Waals surface area contributed by atoms with E-state index in [1.54, 1.807) is 11.3 Å². The molecular weight excluding hydrogens is 260 g/mol. The van der Waals surface area contributed by atoms with Crippen molar-refractivity contribution in [2.75, 3.05) is 11.9 Å². The molecule has 19 heavy (non-hydrogen) atoms. The van der Waals surface area contributed by atoms with Crippen molar-refractivity contribution in [3.05, 3.63) is 11.1 Å². The van der Waals surface area contributed by atoms with Gasteiger partial charge in [0.2, 0.25) is 0 Å². The highest BCUT2D eigenvalue weighted by Gasteiger charge is 2.09. The van der Waals surface area contributed by atoms with Gasteiger partial charge in [0, 0.05) is 17.8 Å². The third kappa shape index (κ3) is 6.57. The van der Waals surface area contributed by atoms with Crippen molar-refractivity contribution in [3.8, 4) is 0 Å². The van der Waals surface area contributed by atoms with E-state index in [1.807, 2.05) is 12.3 Å². The second kappa shape index (κ2) is 8.15. The molecule has 0 aliphatic carbocycles. The van der Waals surface area contributed by atoms with Gasteiger partial charge in [-0.05, 0) is 26.2 Å². The van der Waals surface area contributed by atoms with Crippen LogP contribution < -0.4 is 5.32 Å². The third-order valence-corrected chi connectivity index (χ3v) is 3.46. The number of thiazole rings is 1. The molecule has 1 aromatic rings. The van der Waals surface area contributed by atoms with Crippen LogP contribution in [0.4, 0.5) is 5.13 Å². The number of hydrogen-bond donors (Lipinski definition) is 1. The third-order valence-electron chi connectivity index (χ3n) is 2.64. The molecule has 0 fully saturated rings. The molecule has 0 saturated heterocycles. The molecule has 1 unspecified atom stereocenters. The first kappa shape index (κ1) is 16.0. The summed E-state index contributed by atoms with van der Waals surface area (Å²) in [5.41, 5.74) is 0.956. The van der Waals surface area contributed by atoms with Crippen LogP contribution in [0.2, 0.25) is 0 Å². The predicted molar refractivity (Wildman–Crippen MR) is 79.6 cm³/mol. The summed E-state index contributed by atoms with van der Waals surface area (Å²) in [7, 11) is 0. The molecule has 0 aliphatic rings. The number of ether oxygens (including phenoxy) is 1. The lowest BCUT2D eigenvalue weighted by molar-refractivity contribution is -0.143. The van der Waals surface area contributed by atoms with E-state index >= 15 is 0 Å². The van der Waals surface area contributed by atoms with Crippen molar-refractivity contribution in [3.63, 3.8) is 0 Å². The molecule has 1 rings (SSSR count).